The number of nitrogens with one attached hydrogen (secondary N) is 2. The number of esters is 3. The molecule has 0 spiro atoms. The normalized spacial score (nSPS) is 21.8. The van der Waals surface area contributed by atoms with E-state index < -0.39 is 149 Å². The van der Waals surface area contributed by atoms with Crippen molar-refractivity contribution >= 4 is 37.5 Å². The Morgan fingerprint density at radius 1 is 0.442 bits per heavy atom. The fourth-order valence-electron chi connectivity index (χ4n) is 14.8. The fourth-order valence-corrected chi connectivity index (χ4v) is 15.5. The van der Waals surface area contributed by atoms with Gasteiger partial charge < -0.3 is 69.6 Å². The Morgan fingerprint density at radius 2 is 0.788 bits per heavy atom. The van der Waals surface area contributed by atoms with Gasteiger partial charge in [-0.25, -0.2) is 4.57 Å². The molecule has 22 heteroatoms. The number of amides is 2. The smallest absolute Gasteiger partial charge is 0.462 e. The maximum absolute atomic E-state index is 14.9. The average Bonchev–Trinajstić information content (AvgIpc) is 0.781. The van der Waals surface area contributed by atoms with Crippen LogP contribution in [0.3, 0.4) is 0 Å². The number of phosphoric ester groups is 1. The van der Waals surface area contributed by atoms with Crippen molar-refractivity contribution in [3.63, 3.8) is 0 Å². The first-order chi connectivity index (χ1) is 50.2. The first-order valence-corrected chi connectivity index (χ1v) is 44.2. The molecular formula is C82H155N2O19P. The molecule has 104 heavy (non-hydrogen) atoms. The second kappa shape index (κ2) is 62.9. The molecule has 9 N–H and O–H groups in total. The van der Waals surface area contributed by atoms with Gasteiger partial charge in [0.2, 0.25) is 11.8 Å². The number of carbonyl (C=O) groups is 5. The van der Waals surface area contributed by atoms with Crippen LogP contribution < -0.4 is 10.6 Å². The Balaban J connectivity index is 2.58. The fraction of sp³-hybridized carbons (Fsp3) is 0.939. The first-order valence-electron chi connectivity index (χ1n) is 42.7. The molecule has 1 saturated carbocycles. The molecule has 0 aromatic rings. The molecule has 0 aromatic heterocycles. The van der Waals surface area contributed by atoms with Crippen LogP contribution in [0.5, 0.6) is 0 Å². The highest BCUT2D eigenvalue weighted by Gasteiger charge is 2.53. The van der Waals surface area contributed by atoms with Crippen molar-refractivity contribution in [2.45, 2.75) is 474 Å². The summed E-state index contributed by atoms with van der Waals surface area (Å²) >= 11 is 0. The SMILES string of the molecule is CCCCCCCCCCCC(=O)O[C@H](CCCCCCCCCCC)CC(=O)NC1[C@@H](OC(=O)C[C@H](O)CCCCCCCCCCC)[C@H](OP(=O)(O)O)C(CO)C[C@H]1OCC1OC(C)C(NC(=O)C[C@H](O)CCCCCCCCCCC)[C@@H](OC(=O)C[C@H](O)CCCCCCCCCCC)[C@@H]1O. The van der Waals surface area contributed by atoms with Gasteiger partial charge in [0.05, 0.1) is 74.9 Å². The Bertz CT molecular complexity index is 2180. The number of hydrogen-bond acceptors (Lipinski definition) is 17. The van der Waals surface area contributed by atoms with E-state index >= 15 is 0 Å². The Morgan fingerprint density at radius 3 is 1.18 bits per heavy atom. The molecule has 5 unspecified atom stereocenters. The van der Waals surface area contributed by atoms with Crippen LogP contribution >= 0.6 is 7.82 Å². The summed E-state index contributed by atoms with van der Waals surface area (Å²) in [6.45, 7) is 11.3. The van der Waals surface area contributed by atoms with Gasteiger partial charge in [-0.3, -0.25) is 28.5 Å². The van der Waals surface area contributed by atoms with Crippen LogP contribution in [0.2, 0.25) is 0 Å². The number of aliphatic hydroxyl groups is 5. The highest BCUT2D eigenvalue weighted by Crippen LogP contribution is 2.45. The Labute approximate surface area is 630 Å². The number of carbonyl (C=O) groups excluding carboxylic acids is 5. The molecule has 1 aliphatic carbocycles. The van der Waals surface area contributed by atoms with E-state index in [0.717, 1.165) is 148 Å². The molecular weight excluding hydrogens is 1350 g/mol. The van der Waals surface area contributed by atoms with E-state index in [1.54, 1.807) is 6.92 Å². The van der Waals surface area contributed by atoms with Crippen LogP contribution in [-0.2, 0) is 56.7 Å². The van der Waals surface area contributed by atoms with Gasteiger partial charge >= 0.3 is 25.7 Å². The third-order valence-electron chi connectivity index (χ3n) is 21.2. The van der Waals surface area contributed by atoms with Crippen LogP contribution in [0.25, 0.3) is 0 Å². The van der Waals surface area contributed by atoms with Gasteiger partial charge in [0, 0.05) is 18.9 Å². The van der Waals surface area contributed by atoms with E-state index in [1.165, 1.54) is 116 Å². The van der Waals surface area contributed by atoms with Gasteiger partial charge in [-0.15, -0.1) is 0 Å². The quantitative estimate of drug-likeness (QED) is 0.0118. The minimum Gasteiger partial charge on any atom is -0.462 e. The molecule has 2 rings (SSSR count). The molecule has 1 heterocycles. The van der Waals surface area contributed by atoms with Crippen molar-refractivity contribution in [1.29, 1.82) is 0 Å². The lowest BCUT2D eigenvalue weighted by Gasteiger charge is -2.47. The van der Waals surface area contributed by atoms with Crippen LogP contribution in [0, 0.1) is 5.92 Å². The van der Waals surface area contributed by atoms with Crippen LogP contribution in [0.1, 0.15) is 395 Å². The molecule has 14 atom stereocenters. The summed E-state index contributed by atoms with van der Waals surface area (Å²) in [6, 6.07) is -2.65. The summed E-state index contributed by atoms with van der Waals surface area (Å²) in [5, 5.41) is 62.7. The topological polar surface area (TPSA) is 323 Å². The molecule has 1 saturated heterocycles. The minimum atomic E-state index is -5.44. The summed E-state index contributed by atoms with van der Waals surface area (Å²) in [7, 11) is -5.44. The number of rotatable bonds is 69. The van der Waals surface area contributed by atoms with Crippen molar-refractivity contribution in [1.82, 2.24) is 10.6 Å². The summed E-state index contributed by atoms with van der Waals surface area (Å²) < 4.78 is 49.7. The highest BCUT2D eigenvalue weighted by atomic mass is 31.2. The highest BCUT2D eigenvalue weighted by molar-refractivity contribution is 7.46. The van der Waals surface area contributed by atoms with E-state index in [4.69, 9.17) is 28.2 Å². The lowest BCUT2D eigenvalue weighted by atomic mass is 9.79. The van der Waals surface area contributed by atoms with Crippen LogP contribution in [0.4, 0.5) is 0 Å². The van der Waals surface area contributed by atoms with Gasteiger partial charge in [-0.05, 0) is 51.9 Å². The van der Waals surface area contributed by atoms with Crippen molar-refractivity contribution in [3.05, 3.63) is 0 Å². The zero-order chi connectivity index (χ0) is 76.4. The number of aliphatic hydroxyl groups excluding tert-OH is 5. The van der Waals surface area contributed by atoms with Gasteiger partial charge in [-0.2, -0.15) is 0 Å². The van der Waals surface area contributed by atoms with Crippen molar-refractivity contribution < 1.29 is 92.1 Å². The van der Waals surface area contributed by atoms with Crippen molar-refractivity contribution in [2.75, 3.05) is 13.2 Å². The van der Waals surface area contributed by atoms with Crippen molar-refractivity contribution in [3.8, 4) is 0 Å². The monoisotopic (exact) mass is 1500 g/mol. The molecule has 2 aliphatic rings. The summed E-state index contributed by atoms with van der Waals surface area (Å²) in [5.41, 5.74) is 0. The molecule has 0 bridgehead atoms. The van der Waals surface area contributed by atoms with Gasteiger partial charge in [0.25, 0.3) is 0 Å². The number of ether oxygens (including phenoxy) is 5. The second-order valence-electron chi connectivity index (χ2n) is 31.0. The van der Waals surface area contributed by atoms with Gasteiger partial charge in [0.15, 0.2) is 12.2 Å². The van der Waals surface area contributed by atoms with Gasteiger partial charge in [0.1, 0.15) is 24.4 Å². The van der Waals surface area contributed by atoms with E-state index in [0.29, 0.717) is 44.9 Å². The maximum atomic E-state index is 14.9. The molecule has 0 radical (unpaired) electrons. The van der Waals surface area contributed by atoms with E-state index in [9.17, 15) is 63.9 Å². The molecule has 2 amide bonds. The van der Waals surface area contributed by atoms with Crippen LogP contribution in [0.15, 0.2) is 0 Å². The van der Waals surface area contributed by atoms with Crippen molar-refractivity contribution in [2.24, 2.45) is 5.92 Å². The van der Waals surface area contributed by atoms with E-state index in [-0.39, 0.29) is 32.1 Å². The largest absolute Gasteiger partial charge is 0.469 e. The number of hydrogen-bond donors (Lipinski definition) is 9. The zero-order valence-corrected chi connectivity index (χ0v) is 67.3. The lowest BCUT2D eigenvalue weighted by molar-refractivity contribution is -0.221. The molecule has 0 aromatic carbocycles. The molecule has 612 valence electrons. The standard InChI is InChI=1S/C82H155N2O19P/c1-7-12-17-22-27-32-37-42-47-52-66(86)58-72(89)83-77-64(6)99-71(79(94)81(77)101-75(92)59-67(87)53-48-43-38-33-28-23-18-13-8-2)63-98-70-57-65(62-85)80(103-104(95,96)97)82(102-76(93)60-68(88)54-49-44-39-34-29-24-19-14-9-3)78(70)84-73(90)61-69(55-50-45-40-35-30-25-20-15-10-4)100-74(91)56-51-46-41-36-31-26-21-16-11-5/h64-71,77-82,85-88,94H,7-63H2,1-6H3,(H,83,89)(H,84,90)(H2,95,96,97)/t64?,65?,66-,67-,68-,69-,70-,71?,77?,78?,79-,80-,81-,82-/m1/s1. The predicted molar refractivity (Wildman–Crippen MR) is 411 cm³/mol. The summed E-state index contributed by atoms with van der Waals surface area (Å²) in [4.78, 5) is 91.4. The lowest BCUT2D eigenvalue weighted by Crippen LogP contribution is -2.66. The number of phosphoric acid groups is 1. The Hall–Kier alpha value is -2.82. The van der Waals surface area contributed by atoms with Gasteiger partial charge in [-0.1, -0.05) is 311 Å². The summed E-state index contributed by atoms with van der Waals surface area (Å²) in [5.74, 6) is -4.71. The second-order valence-corrected chi connectivity index (χ2v) is 32.2. The van der Waals surface area contributed by atoms with E-state index in [2.05, 4.69) is 45.3 Å². The molecule has 2 fully saturated rings. The zero-order valence-electron chi connectivity index (χ0n) is 66.4. The van der Waals surface area contributed by atoms with E-state index in [1.807, 2.05) is 0 Å². The molecule has 1 aliphatic heterocycles. The maximum Gasteiger partial charge on any atom is 0.469 e. The third kappa shape index (κ3) is 48.7. The first kappa shape index (κ1) is 97.3. The van der Waals surface area contributed by atoms with Crippen LogP contribution in [-0.4, -0.2) is 157 Å². The summed E-state index contributed by atoms with van der Waals surface area (Å²) in [6.07, 6.45) is 33.1. The predicted octanol–water partition coefficient (Wildman–Crippen LogP) is 17.0. The minimum absolute atomic E-state index is 0.169. The third-order valence-corrected chi connectivity index (χ3v) is 21.7. The average molecular weight is 1500 g/mol. The number of unbranched alkanes of at least 4 members (excludes halogenated alkanes) is 40. The molecule has 21 nitrogen and oxygen atoms in total. The Kier molecular flexibility index (Phi) is 58.8.